The van der Waals surface area contributed by atoms with E-state index in [0.29, 0.717) is 32.0 Å². The Morgan fingerprint density at radius 1 is 1.10 bits per heavy atom. The van der Waals surface area contributed by atoms with Gasteiger partial charge in [0.15, 0.2) is 11.7 Å². The van der Waals surface area contributed by atoms with Gasteiger partial charge in [-0.2, -0.15) is 0 Å². The number of carbonyl (C=O) groups excluding carboxylic acids is 1. The summed E-state index contributed by atoms with van der Waals surface area (Å²) in [6, 6.07) is 11.6. The molecule has 1 aromatic carbocycles. The van der Waals surface area contributed by atoms with Gasteiger partial charge in [-0.15, -0.1) is 24.0 Å². The van der Waals surface area contributed by atoms with Crippen LogP contribution >= 0.6 is 24.0 Å². The van der Waals surface area contributed by atoms with Crippen LogP contribution in [-0.2, 0) is 17.9 Å². The van der Waals surface area contributed by atoms with Gasteiger partial charge < -0.3 is 24.3 Å². The van der Waals surface area contributed by atoms with Crippen LogP contribution < -0.4 is 5.32 Å². The first-order valence-corrected chi connectivity index (χ1v) is 9.64. The van der Waals surface area contributed by atoms with Crippen LogP contribution in [0.5, 0.6) is 0 Å². The number of aliphatic imine (C=N–C) groups is 1. The Labute approximate surface area is 189 Å². The van der Waals surface area contributed by atoms with Gasteiger partial charge in [-0.3, -0.25) is 4.79 Å². The van der Waals surface area contributed by atoms with E-state index in [1.807, 2.05) is 17.0 Å². The van der Waals surface area contributed by atoms with Crippen molar-refractivity contribution in [3.8, 4) is 0 Å². The molecule has 8 heteroatoms. The lowest BCUT2D eigenvalue weighted by atomic mass is 10.1. The van der Waals surface area contributed by atoms with Gasteiger partial charge >= 0.3 is 0 Å². The van der Waals surface area contributed by atoms with Crippen molar-refractivity contribution in [2.45, 2.75) is 20.1 Å². The molecule has 0 saturated carbocycles. The SMILES string of the molecule is CCNC(=NCc1ccccc1COC)N1CCN(C(=O)c2ccco2)CC1.I. The highest BCUT2D eigenvalue weighted by molar-refractivity contribution is 14.0. The largest absolute Gasteiger partial charge is 0.459 e. The smallest absolute Gasteiger partial charge is 0.289 e. The van der Waals surface area contributed by atoms with Crippen LogP contribution in [0.4, 0.5) is 0 Å². The van der Waals surface area contributed by atoms with E-state index in [-0.39, 0.29) is 29.9 Å². The molecule has 0 radical (unpaired) electrons. The van der Waals surface area contributed by atoms with E-state index in [4.69, 9.17) is 14.1 Å². The second-order valence-electron chi connectivity index (χ2n) is 6.63. The molecule has 158 valence electrons. The van der Waals surface area contributed by atoms with E-state index in [2.05, 4.69) is 29.3 Å². The fourth-order valence-corrected chi connectivity index (χ4v) is 3.27. The summed E-state index contributed by atoms with van der Waals surface area (Å²) in [5, 5.41) is 3.37. The van der Waals surface area contributed by atoms with Crippen LogP contribution in [-0.4, -0.2) is 61.5 Å². The van der Waals surface area contributed by atoms with Crippen molar-refractivity contribution in [2.24, 2.45) is 4.99 Å². The number of piperazine rings is 1. The third kappa shape index (κ3) is 6.20. The number of nitrogens with one attached hydrogen (secondary N) is 1. The van der Waals surface area contributed by atoms with Crippen molar-refractivity contribution in [1.82, 2.24) is 15.1 Å². The Bertz CT molecular complexity index is 787. The summed E-state index contributed by atoms with van der Waals surface area (Å²) in [6.45, 7) is 6.78. The number of amides is 1. The maximum atomic E-state index is 12.4. The lowest BCUT2D eigenvalue weighted by Gasteiger charge is -2.36. The standard InChI is InChI=1S/C21H28N4O3.HI/c1-3-22-21(23-15-17-7-4-5-8-18(17)16-27-2)25-12-10-24(11-13-25)20(26)19-9-6-14-28-19;/h4-9,14H,3,10-13,15-16H2,1-2H3,(H,22,23);1H. The highest BCUT2D eigenvalue weighted by Crippen LogP contribution is 2.13. The van der Waals surface area contributed by atoms with Gasteiger partial charge in [0.2, 0.25) is 0 Å². The minimum Gasteiger partial charge on any atom is -0.459 e. The third-order valence-electron chi connectivity index (χ3n) is 4.75. The Hall–Kier alpha value is -2.07. The molecule has 0 bridgehead atoms. The van der Waals surface area contributed by atoms with Gasteiger partial charge in [0, 0.05) is 39.8 Å². The van der Waals surface area contributed by atoms with Crippen molar-refractivity contribution >= 4 is 35.8 Å². The van der Waals surface area contributed by atoms with Crippen LogP contribution in [0.25, 0.3) is 0 Å². The molecule has 1 aliphatic heterocycles. The lowest BCUT2D eigenvalue weighted by Crippen LogP contribution is -2.53. The average molecular weight is 512 g/mol. The number of halogens is 1. The van der Waals surface area contributed by atoms with Crippen LogP contribution in [0.2, 0.25) is 0 Å². The quantitative estimate of drug-likeness (QED) is 0.366. The van der Waals surface area contributed by atoms with Gasteiger partial charge in [0.05, 0.1) is 19.4 Å². The second kappa shape index (κ2) is 11.8. The maximum absolute atomic E-state index is 12.4. The molecule has 7 nitrogen and oxygen atoms in total. The van der Waals surface area contributed by atoms with Crippen LogP contribution in [0.3, 0.4) is 0 Å². The predicted molar refractivity (Wildman–Crippen MR) is 124 cm³/mol. The van der Waals surface area contributed by atoms with E-state index in [1.54, 1.807) is 19.2 Å². The zero-order valence-corrected chi connectivity index (χ0v) is 19.3. The fraction of sp³-hybridized carbons (Fsp3) is 0.429. The minimum absolute atomic E-state index is 0. The molecule has 1 saturated heterocycles. The maximum Gasteiger partial charge on any atom is 0.289 e. The summed E-state index contributed by atoms with van der Waals surface area (Å²) >= 11 is 0. The van der Waals surface area contributed by atoms with E-state index in [9.17, 15) is 4.79 Å². The number of nitrogens with zero attached hydrogens (tertiary/aromatic N) is 3. The number of benzene rings is 1. The van der Waals surface area contributed by atoms with Gasteiger partial charge in [0.1, 0.15) is 0 Å². The Morgan fingerprint density at radius 3 is 2.41 bits per heavy atom. The molecule has 0 unspecified atom stereocenters. The topological polar surface area (TPSA) is 70.3 Å². The minimum atomic E-state index is -0.0555. The number of furan rings is 1. The third-order valence-corrected chi connectivity index (χ3v) is 4.75. The Balaban J connectivity index is 0.00000300. The summed E-state index contributed by atoms with van der Waals surface area (Å²) in [5.41, 5.74) is 2.31. The van der Waals surface area contributed by atoms with Crippen molar-refractivity contribution < 1.29 is 13.9 Å². The molecule has 3 rings (SSSR count). The molecule has 1 amide bonds. The van der Waals surface area contributed by atoms with Gasteiger partial charge in [-0.25, -0.2) is 4.99 Å². The van der Waals surface area contributed by atoms with E-state index in [1.165, 1.54) is 6.26 Å². The number of carbonyl (C=O) groups is 1. The molecular formula is C21H29IN4O3. The van der Waals surface area contributed by atoms with Gasteiger partial charge in [-0.05, 0) is 30.2 Å². The summed E-state index contributed by atoms with van der Waals surface area (Å²) in [6.07, 6.45) is 1.53. The number of guanidine groups is 1. The first kappa shape index (κ1) is 23.2. The van der Waals surface area contributed by atoms with Gasteiger partial charge in [-0.1, -0.05) is 24.3 Å². The Kier molecular flexibility index (Phi) is 9.46. The van der Waals surface area contributed by atoms with Crippen LogP contribution in [0.1, 0.15) is 28.6 Å². The number of hydrogen-bond acceptors (Lipinski definition) is 4. The molecule has 1 fully saturated rings. The van der Waals surface area contributed by atoms with Crippen LogP contribution in [0.15, 0.2) is 52.1 Å². The summed E-state index contributed by atoms with van der Waals surface area (Å²) in [5.74, 6) is 1.21. The van der Waals surface area contributed by atoms with E-state index >= 15 is 0 Å². The van der Waals surface area contributed by atoms with Crippen molar-refractivity contribution in [2.75, 3.05) is 39.8 Å². The highest BCUT2D eigenvalue weighted by Gasteiger charge is 2.25. The molecule has 1 N–H and O–H groups in total. The molecule has 1 aliphatic rings. The second-order valence-corrected chi connectivity index (χ2v) is 6.63. The monoisotopic (exact) mass is 512 g/mol. The molecule has 0 spiro atoms. The molecule has 1 aromatic heterocycles. The number of methoxy groups -OCH3 is 1. The van der Waals surface area contributed by atoms with Crippen LogP contribution in [0, 0.1) is 0 Å². The first-order chi connectivity index (χ1) is 13.7. The fourth-order valence-electron chi connectivity index (χ4n) is 3.27. The molecule has 0 atom stereocenters. The normalized spacial score (nSPS) is 14.5. The zero-order valence-electron chi connectivity index (χ0n) is 17.0. The summed E-state index contributed by atoms with van der Waals surface area (Å²) < 4.78 is 10.5. The van der Waals surface area contributed by atoms with Crippen molar-refractivity contribution in [1.29, 1.82) is 0 Å². The van der Waals surface area contributed by atoms with Crippen molar-refractivity contribution in [3.05, 3.63) is 59.5 Å². The molecule has 2 aromatic rings. The average Bonchev–Trinajstić information content (AvgIpc) is 3.27. The van der Waals surface area contributed by atoms with Crippen molar-refractivity contribution in [3.63, 3.8) is 0 Å². The highest BCUT2D eigenvalue weighted by atomic mass is 127. The lowest BCUT2D eigenvalue weighted by molar-refractivity contribution is 0.0657. The van der Waals surface area contributed by atoms with E-state index in [0.717, 1.165) is 36.7 Å². The number of hydrogen-bond donors (Lipinski definition) is 1. The molecular weight excluding hydrogens is 483 g/mol. The summed E-state index contributed by atoms with van der Waals surface area (Å²) in [4.78, 5) is 21.3. The predicted octanol–water partition coefficient (Wildman–Crippen LogP) is 2.97. The Morgan fingerprint density at radius 2 is 1.79 bits per heavy atom. The molecule has 29 heavy (non-hydrogen) atoms. The van der Waals surface area contributed by atoms with Gasteiger partial charge in [0.25, 0.3) is 5.91 Å². The number of rotatable bonds is 6. The molecule has 0 aliphatic carbocycles. The molecule has 2 heterocycles. The van der Waals surface area contributed by atoms with E-state index < -0.39 is 0 Å². The number of ether oxygens (including phenoxy) is 1. The summed E-state index contributed by atoms with van der Waals surface area (Å²) in [7, 11) is 1.70. The zero-order chi connectivity index (χ0) is 19.8. The first-order valence-electron chi connectivity index (χ1n) is 9.64.